The number of rotatable bonds is 3. The summed E-state index contributed by atoms with van der Waals surface area (Å²) in [7, 11) is -0.580. The van der Waals surface area contributed by atoms with Gasteiger partial charge in [0.05, 0.1) is 0 Å². The van der Waals surface area contributed by atoms with Crippen LogP contribution in [0.2, 0.25) is 0 Å². The quantitative estimate of drug-likeness (QED) is 0.297. The Labute approximate surface area is 84.1 Å². The molecule has 6 heteroatoms. The second-order valence-electron chi connectivity index (χ2n) is 1.72. The Morgan fingerprint density at radius 2 is 1.80 bits per heavy atom. The average Bonchev–Trinajstić information content (AvgIpc) is 1.65. The van der Waals surface area contributed by atoms with Gasteiger partial charge in [0, 0.05) is 20.9 Å². The molecular formula is C4H12NaO4P. The molecule has 1 unspecified atom stereocenters. The molecule has 1 N–H and O–H groups in total. The first-order chi connectivity index (χ1) is 4.02. The van der Waals surface area contributed by atoms with Gasteiger partial charge in [-0.15, -0.1) is 0 Å². The normalized spacial score (nSPS) is 16.1. The van der Waals surface area contributed by atoms with E-state index < -0.39 is 13.4 Å². The fourth-order valence-electron chi connectivity index (χ4n) is 0.487. The van der Waals surface area contributed by atoms with Crippen molar-refractivity contribution < 1.29 is 49.9 Å². The Bertz CT molecular complexity index is 123. The van der Waals surface area contributed by atoms with E-state index in [1.165, 1.54) is 20.9 Å². The van der Waals surface area contributed by atoms with Crippen molar-refractivity contribution in [3.63, 3.8) is 0 Å². The molecule has 0 fully saturated rings. The largest absolute Gasteiger partial charge is 1.00 e. The molecule has 0 aliphatic rings. The molecule has 10 heavy (non-hydrogen) atoms. The van der Waals surface area contributed by atoms with Crippen molar-refractivity contribution in [2.24, 2.45) is 0 Å². The third kappa shape index (κ3) is 4.85. The van der Waals surface area contributed by atoms with Gasteiger partial charge in [-0.3, -0.25) is 4.57 Å². The van der Waals surface area contributed by atoms with E-state index in [4.69, 9.17) is 4.89 Å². The van der Waals surface area contributed by atoms with Gasteiger partial charge in [0.25, 0.3) is 7.37 Å². The molecule has 0 aliphatic carbocycles. The average molecular weight is 178 g/mol. The zero-order chi connectivity index (χ0) is 7.49. The van der Waals surface area contributed by atoms with Crippen molar-refractivity contribution in [1.82, 2.24) is 0 Å². The van der Waals surface area contributed by atoms with Gasteiger partial charge in [0.15, 0.2) is 0 Å². The number of methoxy groups -OCH3 is 2. The zero-order valence-corrected chi connectivity index (χ0v) is 9.59. The van der Waals surface area contributed by atoms with E-state index in [0.29, 0.717) is 0 Å². The fourth-order valence-corrected chi connectivity index (χ4v) is 1.27. The van der Waals surface area contributed by atoms with Crippen molar-refractivity contribution in [3.05, 3.63) is 0 Å². The van der Waals surface area contributed by atoms with Crippen molar-refractivity contribution in [1.29, 1.82) is 0 Å². The molecule has 0 amide bonds. The summed E-state index contributed by atoms with van der Waals surface area (Å²) in [5.41, 5.74) is 0. The first-order valence-electron chi connectivity index (χ1n) is 2.38. The fraction of sp³-hybridized carbons (Fsp3) is 1.00. The molecule has 0 spiro atoms. The predicted octanol–water partition coefficient (Wildman–Crippen LogP) is -2.42. The van der Waals surface area contributed by atoms with Crippen molar-refractivity contribution in [2.45, 2.75) is 6.03 Å². The molecule has 1 atom stereocenters. The molecule has 0 aromatic rings. The number of hydrogen-bond donors (Lipinski definition) is 1. The van der Waals surface area contributed by atoms with E-state index in [-0.39, 0.29) is 31.0 Å². The van der Waals surface area contributed by atoms with Gasteiger partial charge >= 0.3 is 29.6 Å². The molecule has 0 heterocycles. The monoisotopic (exact) mass is 178 g/mol. The van der Waals surface area contributed by atoms with Crippen LogP contribution in [-0.4, -0.2) is 31.8 Å². The maximum Gasteiger partial charge on any atom is 1.00 e. The Kier molecular flexibility index (Phi) is 7.83. The standard InChI is InChI=1S/C4H11O4P.Na.H/c1-7-4(8-2)9(3,5)6;;/h4H,1-3H3,(H,5,6);;/q;+1;-1. The molecule has 0 aliphatic heterocycles. The SMILES string of the molecule is COC(OC)P(C)(=O)O.[H-].[Na+]. The predicted molar refractivity (Wildman–Crippen MR) is 34.7 cm³/mol. The van der Waals surface area contributed by atoms with Crippen LogP contribution in [0.5, 0.6) is 0 Å². The summed E-state index contributed by atoms with van der Waals surface area (Å²) in [5, 5.41) is 0. The third-order valence-electron chi connectivity index (χ3n) is 0.794. The Morgan fingerprint density at radius 3 is 1.80 bits per heavy atom. The molecular weight excluding hydrogens is 166 g/mol. The van der Waals surface area contributed by atoms with Crippen LogP contribution in [0.15, 0.2) is 0 Å². The van der Waals surface area contributed by atoms with Crippen LogP contribution in [-0.2, 0) is 14.0 Å². The minimum atomic E-state index is -3.22. The van der Waals surface area contributed by atoms with Crippen molar-refractivity contribution in [3.8, 4) is 0 Å². The molecule has 0 aromatic carbocycles. The van der Waals surface area contributed by atoms with Gasteiger partial charge in [-0.05, 0) is 0 Å². The van der Waals surface area contributed by atoms with E-state index in [1.54, 1.807) is 0 Å². The third-order valence-corrected chi connectivity index (χ3v) is 2.00. The summed E-state index contributed by atoms with van der Waals surface area (Å²) in [6.07, 6.45) is 0. The minimum Gasteiger partial charge on any atom is -1.00 e. The van der Waals surface area contributed by atoms with Gasteiger partial charge in [-0.25, -0.2) is 0 Å². The molecule has 58 valence electrons. The van der Waals surface area contributed by atoms with Gasteiger partial charge in [0.2, 0.25) is 6.03 Å². The van der Waals surface area contributed by atoms with Crippen LogP contribution in [0.25, 0.3) is 0 Å². The molecule has 0 bridgehead atoms. The van der Waals surface area contributed by atoms with Gasteiger partial charge in [0.1, 0.15) is 0 Å². The van der Waals surface area contributed by atoms with Crippen molar-refractivity contribution >= 4 is 7.37 Å². The molecule has 4 nitrogen and oxygen atoms in total. The molecule has 0 saturated heterocycles. The van der Waals surface area contributed by atoms with E-state index in [1.807, 2.05) is 0 Å². The second-order valence-corrected chi connectivity index (χ2v) is 4.03. The minimum absolute atomic E-state index is 0. The van der Waals surface area contributed by atoms with Crippen LogP contribution in [0.3, 0.4) is 0 Å². The van der Waals surface area contributed by atoms with Gasteiger partial charge < -0.3 is 15.8 Å². The maximum atomic E-state index is 10.7. The maximum absolute atomic E-state index is 10.7. The van der Waals surface area contributed by atoms with Crippen LogP contribution < -0.4 is 29.6 Å². The summed E-state index contributed by atoms with van der Waals surface area (Å²) in [4.78, 5) is 8.78. The Morgan fingerprint density at radius 1 is 1.50 bits per heavy atom. The molecule has 0 saturated carbocycles. The summed E-state index contributed by atoms with van der Waals surface area (Å²) < 4.78 is 19.7. The van der Waals surface area contributed by atoms with E-state index in [0.717, 1.165) is 0 Å². The van der Waals surface area contributed by atoms with Crippen LogP contribution in [0.1, 0.15) is 1.43 Å². The van der Waals surface area contributed by atoms with E-state index in [2.05, 4.69) is 9.47 Å². The molecule has 0 radical (unpaired) electrons. The molecule has 0 rings (SSSR count). The number of hydrogen-bond acceptors (Lipinski definition) is 3. The Balaban J connectivity index is -0.000000320. The summed E-state index contributed by atoms with van der Waals surface area (Å²) in [5.74, 6) is 0. The molecule has 0 aromatic heterocycles. The smallest absolute Gasteiger partial charge is 1.00 e. The summed E-state index contributed by atoms with van der Waals surface area (Å²) in [6.45, 7) is 1.19. The van der Waals surface area contributed by atoms with Crippen LogP contribution in [0, 0.1) is 0 Å². The summed E-state index contributed by atoms with van der Waals surface area (Å²) >= 11 is 0. The Hall–Kier alpha value is 1.11. The first kappa shape index (κ1) is 13.7. The topological polar surface area (TPSA) is 55.8 Å². The zero-order valence-electron chi connectivity index (χ0n) is 7.70. The van der Waals surface area contributed by atoms with E-state index in [9.17, 15) is 4.57 Å². The number of ether oxygens (including phenoxy) is 2. The van der Waals surface area contributed by atoms with E-state index >= 15 is 0 Å². The van der Waals surface area contributed by atoms with Crippen LogP contribution in [0.4, 0.5) is 0 Å². The van der Waals surface area contributed by atoms with Crippen LogP contribution >= 0.6 is 7.37 Å². The summed E-state index contributed by atoms with van der Waals surface area (Å²) in [6, 6.07) is -0.988. The van der Waals surface area contributed by atoms with Gasteiger partial charge in [-0.1, -0.05) is 0 Å². The van der Waals surface area contributed by atoms with Crippen molar-refractivity contribution in [2.75, 3.05) is 20.9 Å². The van der Waals surface area contributed by atoms with Gasteiger partial charge in [-0.2, -0.15) is 0 Å². The first-order valence-corrected chi connectivity index (χ1v) is 4.55. The second kappa shape index (κ2) is 5.72.